The molecule has 2 heterocycles. The molecule has 0 unspecified atom stereocenters. The van der Waals surface area contributed by atoms with Gasteiger partial charge in [-0.1, -0.05) is 47.3 Å². The van der Waals surface area contributed by atoms with E-state index in [1.165, 1.54) is 5.56 Å². The minimum absolute atomic E-state index is 0. The van der Waals surface area contributed by atoms with Gasteiger partial charge in [-0.3, -0.25) is 9.97 Å². The van der Waals surface area contributed by atoms with Gasteiger partial charge in [0.25, 0.3) is 0 Å². The highest BCUT2D eigenvalue weighted by molar-refractivity contribution is 5.12. The summed E-state index contributed by atoms with van der Waals surface area (Å²) in [6.07, 6.45) is 5.53. The van der Waals surface area contributed by atoms with Crippen LogP contribution in [0.2, 0.25) is 0 Å². The average molecular weight is 258 g/mol. The minimum Gasteiger partial charge on any atom is -0.264 e. The van der Waals surface area contributed by atoms with Gasteiger partial charge < -0.3 is 0 Å². The molecule has 0 spiro atoms. The van der Waals surface area contributed by atoms with Gasteiger partial charge in [0.2, 0.25) is 0 Å². The lowest BCUT2D eigenvalue weighted by atomic mass is 10.1. The average Bonchev–Trinajstić information content (AvgIpc) is 2.41. The molecule has 0 aromatic carbocycles. The summed E-state index contributed by atoms with van der Waals surface area (Å²) in [6, 6.07) is 10.1. The zero-order chi connectivity index (χ0) is 13.4. The van der Waals surface area contributed by atoms with Crippen molar-refractivity contribution in [3.05, 3.63) is 60.2 Å². The predicted octanol–water partition coefficient (Wildman–Crippen LogP) is 5.05. The maximum Gasteiger partial charge on any atom is 0.0428 e. The first-order chi connectivity index (χ1) is 8.61. The van der Waals surface area contributed by atoms with Crippen molar-refractivity contribution in [1.29, 1.82) is 0 Å². The van der Waals surface area contributed by atoms with E-state index in [4.69, 9.17) is 0 Å². The lowest BCUT2D eigenvalue weighted by Crippen LogP contribution is -1.88. The Bertz CT molecular complexity index is 378. The van der Waals surface area contributed by atoms with Crippen molar-refractivity contribution in [3.63, 3.8) is 0 Å². The molecule has 0 radical (unpaired) electrons. The SMILES string of the molecule is C.CC(C)c1ccccn1.CC(C)c1cccnc1. The molecule has 2 nitrogen and oxygen atoms in total. The molecule has 19 heavy (non-hydrogen) atoms. The van der Waals surface area contributed by atoms with E-state index in [0.717, 1.165) is 5.69 Å². The molecule has 0 fully saturated rings. The van der Waals surface area contributed by atoms with E-state index < -0.39 is 0 Å². The highest BCUT2D eigenvalue weighted by Crippen LogP contribution is 2.10. The van der Waals surface area contributed by atoms with Crippen LogP contribution in [0.4, 0.5) is 0 Å². The molecule has 0 N–H and O–H groups in total. The summed E-state index contributed by atoms with van der Waals surface area (Å²) in [5.41, 5.74) is 2.47. The maximum atomic E-state index is 4.18. The quantitative estimate of drug-likeness (QED) is 0.753. The van der Waals surface area contributed by atoms with E-state index in [-0.39, 0.29) is 7.43 Å². The van der Waals surface area contributed by atoms with E-state index in [1.807, 2.05) is 36.7 Å². The molecular formula is C17H26N2. The van der Waals surface area contributed by atoms with E-state index in [0.29, 0.717) is 11.8 Å². The van der Waals surface area contributed by atoms with Gasteiger partial charge in [-0.25, -0.2) is 0 Å². The first-order valence-corrected chi connectivity index (χ1v) is 6.42. The lowest BCUT2D eigenvalue weighted by molar-refractivity contribution is 0.823. The Labute approximate surface area is 117 Å². The van der Waals surface area contributed by atoms with Crippen molar-refractivity contribution in [1.82, 2.24) is 9.97 Å². The molecule has 0 aliphatic heterocycles. The molecule has 2 aromatic rings. The number of rotatable bonds is 2. The molecule has 0 aliphatic carbocycles. The molecule has 0 amide bonds. The van der Waals surface area contributed by atoms with Crippen LogP contribution in [0.15, 0.2) is 48.9 Å². The number of hydrogen-bond acceptors (Lipinski definition) is 2. The van der Waals surface area contributed by atoms with Crippen molar-refractivity contribution in [3.8, 4) is 0 Å². The summed E-state index contributed by atoms with van der Waals surface area (Å²) in [4.78, 5) is 8.18. The second-order valence-corrected chi connectivity index (χ2v) is 4.85. The normalized spacial score (nSPS) is 9.58. The Kier molecular flexibility index (Phi) is 8.43. The maximum absolute atomic E-state index is 4.18. The Balaban J connectivity index is 0.000000324. The monoisotopic (exact) mass is 258 g/mol. The third-order valence-electron chi connectivity index (χ3n) is 2.63. The molecule has 0 saturated carbocycles. The van der Waals surface area contributed by atoms with E-state index in [9.17, 15) is 0 Å². The van der Waals surface area contributed by atoms with Gasteiger partial charge in [-0.15, -0.1) is 0 Å². The summed E-state index contributed by atoms with van der Waals surface area (Å²) < 4.78 is 0. The lowest BCUT2D eigenvalue weighted by Gasteiger charge is -2.00. The standard InChI is InChI=1S/2C8H11N.CH4/c1-7(2)8-4-3-5-9-6-8;1-7(2)8-5-3-4-6-9-8;/h2*3-7H,1-2H3;1H4. The predicted molar refractivity (Wildman–Crippen MR) is 83.4 cm³/mol. The van der Waals surface area contributed by atoms with Crippen molar-refractivity contribution >= 4 is 0 Å². The molecule has 104 valence electrons. The van der Waals surface area contributed by atoms with Gasteiger partial charge >= 0.3 is 0 Å². The molecular weight excluding hydrogens is 232 g/mol. The van der Waals surface area contributed by atoms with Gasteiger partial charge in [-0.05, 0) is 35.6 Å². The van der Waals surface area contributed by atoms with Gasteiger partial charge in [-0.2, -0.15) is 0 Å². The molecule has 0 aliphatic rings. The fourth-order valence-electron chi connectivity index (χ4n) is 1.43. The summed E-state index contributed by atoms with van der Waals surface area (Å²) in [5.74, 6) is 1.14. The van der Waals surface area contributed by atoms with Crippen LogP contribution >= 0.6 is 0 Å². The Morgan fingerprint density at radius 1 is 0.842 bits per heavy atom. The van der Waals surface area contributed by atoms with E-state index >= 15 is 0 Å². The third-order valence-corrected chi connectivity index (χ3v) is 2.63. The summed E-state index contributed by atoms with van der Waals surface area (Å²) in [5, 5.41) is 0. The van der Waals surface area contributed by atoms with Crippen molar-refractivity contribution in [2.75, 3.05) is 0 Å². The molecule has 0 saturated heterocycles. The van der Waals surface area contributed by atoms with Crippen LogP contribution < -0.4 is 0 Å². The number of pyridine rings is 2. The van der Waals surface area contributed by atoms with Crippen molar-refractivity contribution in [2.24, 2.45) is 0 Å². The van der Waals surface area contributed by atoms with Crippen LogP contribution in [0.25, 0.3) is 0 Å². The second-order valence-electron chi connectivity index (χ2n) is 4.85. The second kappa shape index (κ2) is 9.26. The number of nitrogens with zero attached hydrogens (tertiary/aromatic N) is 2. The molecule has 2 rings (SSSR count). The van der Waals surface area contributed by atoms with Crippen LogP contribution in [0.3, 0.4) is 0 Å². The number of hydrogen-bond donors (Lipinski definition) is 0. The third kappa shape index (κ3) is 6.70. The number of aromatic nitrogens is 2. The zero-order valence-corrected chi connectivity index (χ0v) is 11.7. The van der Waals surface area contributed by atoms with E-state index in [1.54, 1.807) is 6.20 Å². The first-order valence-electron chi connectivity index (χ1n) is 6.42. The van der Waals surface area contributed by atoms with Gasteiger partial charge in [0, 0.05) is 24.3 Å². The molecule has 2 aromatic heterocycles. The topological polar surface area (TPSA) is 25.8 Å². The van der Waals surface area contributed by atoms with Crippen molar-refractivity contribution < 1.29 is 0 Å². The van der Waals surface area contributed by atoms with Gasteiger partial charge in [0.05, 0.1) is 0 Å². The summed E-state index contributed by atoms with van der Waals surface area (Å²) in [7, 11) is 0. The molecule has 0 atom stereocenters. The van der Waals surface area contributed by atoms with Crippen LogP contribution in [0.1, 0.15) is 58.2 Å². The van der Waals surface area contributed by atoms with Crippen LogP contribution in [0, 0.1) is 0 Å². The van der Waals surface area contributed by atoms with Crippen molar-refractivity contribution in [2.45, 2.75) is 47.0 Å². The largest absolute Gasteiger partial charge is 0.264 e. The Morgan fingerprint density at radius 2 is 1.58 bits per heavy atom. The van der Waals surface area contributed by atoms with Gasteiger partial charge in [0.1, 0.15) is 0 Å². The van der Waals surface area contributed by atoms with Crippen LogP contribution in [-0.4, -0.2) is 9.97 Å². The first kappa shape index (κ1) is 17.3. The van der Waals surface area contributed by atoms with Crippen LogP contribution in [0.5, 0.6) is 0 Å². The fourth-order valence-corrected chi connectivity index (χ4v) is 1.43. The van der Waals surface area contributed by atoms with Gasteiger partial charge in [0.15, 0.2) is 0 Å². The summed E-state index contributed by atoms with van der Waals surface area (Å²) >= 11 is 0. The highest BCUT2D eigenvalue weighted by Gasteiger charge is 1.95. The highest BCUT2D eigenvalue weighted by atomic mass is 14.7. The fraction of sp³-hybridized carbons (Fsp3) is 0.412. The Morgan fingerprint density at radius 3 is 1.89 bits per heavy atom. The van der Waals surface area contributed by atoms with Crippen LogP contribution in [-0.2, 0) is 0 Å². The molecule has 2 heteroatoms. The molecule has 0 bridgehead atoms. The zero-order valence-electron chi connectivity index (χ0n) is 11.7. The minimum atomic E-state index is 0. The Hall–Kier alpha value is -1.70. The summed E-state index contributed by atoms with van der Waals surface area (Å²) in [6.45, 7) is 8.61. The van der Waals surface area contributed by atoms with E-state index in [2.05, 4.69) is 43.7 Å². The smallest absolute Gasteiger partial charge is 0.0428 e.